The number of hydrogen-bond acceptors (Lipinski definition) is 4. The highest BCUT2D eigenvalue weighted by atomic mass is 32.2. The Balaban J connectivity index is 4.16. The van der Waals surface area contributed by atoms with Crippen LogP contribution >= 0.6 is 0 Å². The van der Waals surface area contributed by atoms with Crippen LogP contribution in [-0.4, -0.2) is 54.4 Å². The van der Waals surface area contributed by atoms with Gasteiger partial charge in [-0.25, -0.2) is 8.42 Å². The monoisotopic (exact) mass is 361 g/mol. The molecule has 0 saturated carbocycles. The second-order valence-corrected chi connectivity index (χ2v) is 7.97. The van der Waals surface area contributed by atoms with Crippen LogP contribution in [0, 0.1) is 11.8 Å². The van der Waals surface area contributed by atoms with Crippen LogP contribution in [-0.2, 0) is 14.8 Å². The van der Waals surface area contributed by atoms with Crippen LogP contribution in [0.25, 0.3) is 0 Å². The van der Waals surface area contributed by atoms with E-state index in [1.807, 2.05) is 0 Å². The molecule has 6 nitrogen and oxygen atoms in total. The largest absolute Gasteiger partial charge is 0.481 e. The molecule has 0 aliphatic carbocycles. The minimum absolute atomic E-state index is 0.0698. The van der Waals surface area contributed by atoms with Crippen LogP contribution in [0.3, 0.4) is 0 Å². The Hall–Kier alpha value is -1.10. The standard InChI is InChI=1S/C17H31NO5S/c1-3-4-7-11-16(19)12-10-15-18(24(2,22)23)14-9-6-5-8-13-17(20)21/h16,19H,3-5,7-8,10-15H2,1-2H3,(H,20,21). The van der Waals surface area contributed by atoms with E-state index < -0.39 is 16.0 Å². The SMILES string of the molecule is CCCCCC(O)CCCN(CC#CCCCC(=O)O)S(C)(=O)=O. The zero-order chi connectivity index (χ0) is 18.4. The maximum Gasteiger partial charge on any atom is 0.303 e. The number of carboxylic acid groups (broad SMARTS) is 1. The average molecular weight is 362 g/mol. The maximum absolute atomic E-state index is 11.7. The topological polar surface area (TPSA) is 94.9 Å². The molecule has 0 heterocycles. The lowest BCUT2D eigenvalue weighted by molar-refractivity contribution is -0.137. The quantitative estimate of drug-likeness (QED) is 0.387. The molecule has 0 aromatic heterocycles. The van der Waals surface area contributed by atoms with Gasteiger partial charge in [-0.2, -0.15) is 4.31 Å². The Morgan fingerprint density at radius 1 is 1.12 bits per heavy atom. The molecule has 0 aliphatic heterocycles. The third kappa shape index (κ3) is 13.3. The summed E-state index contributed by atoms with van der Waals surface area (Å²) in [5, 5.41) is 18.4. The lowest BCUT2D eigenvalue weighted by atomic mass is 10.1. The molecule has 0 fully saturated rings. The third-order valence-corrected chi connectivity index (χ3v) is 4.88. The predicted octanol–water partition coefficient (Wildman–Crippen LogP) is 2.23. The first-order valence-electron chi connectivity index (χ1n) is 8.58. The van der Waals surface area contributed by atoms with Gasteiger partial charge in [0.05, 0.1) is 18.9 Å². The molecule has 0 radical (unpaired) electrons. The second kappa shape index (κ2) is 13.2. The number of hydrogen-bond donors (Lipinski definition) is 2. The van der Waals surface area contributed by atoms with Crippen LogP contribution in [0.2, 0.25) is 0 Å². The summed E-state index contributed by atoms with van der Waals surface area (Å²) in [5.41, 5.74) is 0. The Morgan fingerprint density at radius 2 is 1.79 bits per heavy atom. The van der Waals surface area contributed by atoms with E-state index in [0.29, 0.717) is 32.2 Å². The summed E-state index contributed by atoms with van der Waals surface area (Å²) in [4.78, 5) is 10.4. The molecule has 140 valence electrons. The number of rotatable bonds is 13. The summed E-state index contributed by atoms with van der Waals surface area (Å²) in [6, 6.07) is 0. The van der Waals surface area contributed by atoms with Gasteiger partial charge in [0, 0.05) is 19.4 Å². The molecule has 0 amide bonds. The average Bonchev–Trinajstić information content (AvgIpc) is 2.47. The number of aliphatic carboxylic acids is 1. The van der Waals surface area contributed by atoms with Gasteiger partial charge in [0.1, 0.15) is 0 Å². The van der Waals surface area contributed by atoms with Crippen molar-refractivity contribution in [3.63, 3.8) is 0 Å². The number of sulfonamides is 1. The first-order chi connectivity index (χ1) is 11.3. The van der Waals surface area contributed by atoms with E-state index in [-0.39, 0.29) is 19.1 Å². The van der Waals surface area contributed by atoms with E-state index in [9.17, 15) is 18.3 Å². The van der Waals surface area contributed by atoms with Gasteiger partial charge < -0.3 is 10.2 Å². The van der Waals surface area contributed by atoms with Crippen molar-refractivity contribution in [2.75, 3.05) is 19.3 Å². The summed E-state index contributed by atoms with van der Waals surface area (Å²) < 4.78 is 24.8. The van der Waals surface area contributed by atoms with Gasteiger partial charge in [0.2, 0.25) is 10.0 Å². The molecule has 0 spiro atoms. The third-order valence-electron chi connectivity index (χ3n) is 3.63. The van der Waals surface area contributed by atoms with Crippen molar-refractivity contribution >= 4 is 16.0 Å². The van der Waals surface area contributed by atoms with Crippen LogP contribution in [0.5, 0.6) is 0 Å². The Labute approximate surface area is 146 Å². The lowest BCUT2D eigenvalue weighted by Gasteiger charge is -2.18. The zero-order valence-corrected chi connectivity index (χ0v) is 15.6. The minimum Gasteiger partial charge on any atom is -0.481 e. The first-order valence-corrected chi connectivity index (χ1v) is 10.4. The Morgan fingerprint density at radius 3 is 2.38 bits per heavy atom. The van der Waals surface area contributed by atoms with E-state index in [1.54, 1.807) is 0 Å². The van der Waals surface area contributed by atoms with Gasteiger partial charge in [-0.3, -0.25) is 4.79 Å². The summed E-state index contributed by atoms with van der Waals surface area (Å²) in [6.07, 6.45) is 6.90. The molecule has 0 bridgehead atoms. The number of carbonyl (C=O) groups is 1. The fraction of sp³-hybridized carbons (Fsp3) is 0.824. The fourth-order valence-electron chi connectivity index (χ4n) is 2.20. The van der Waals surface area contributed by atoms with Crippen LogP contribution in [0.15, 0.2) is 0 Å². The highest BCUT2D eigenvalue weighted by Crippen LogP contribution is 2.10. The zero-order valence-electron chi connectivity index (χ0n) is 14.8. The molecule has 7 heteroatoms. The van der Waals surface area contributed by atoms with Crippen molar-refractivity contribution < 1.29 is 23.4 Å². The van der Waals surface area contributed by atoms with Crippen molar-refractivity contribution in [1.82, 2.24) is 4.31 Å². The van der Waals surface area contributed by atoms with Crippen LogP contribution in [0.4, 0.5) is 0 Å². The lowest BCUT2D eigenvalue weighted by Crippen LogP contribution is -2.31. The van der Waals surface area contributed by atoms with Gasteiger partial charge >= 0.3 is 5.97 Å². The molecular weight excluding hydrogens is 330 g/mol. The predicted molar refractivity (Wildman–Crippen MR) is 95.1 cm³/mol. The smallest absolute Gasteiger partial charge is 0.303 e. The minimum atomic E-state index is -3.33. The summed E-state index contributed by atoms with van der Waals surface area (Å²) >= 11 is 0. The molecule has 0 saturated heterocycles. The fourth-order valence-corrected chi connectivity index (χ4v) is 2.96. The van der Waals surface area contributed by atoms with Gasteiger partial charge in [0.15, 0.2) is 0 Å². The molecule has 1 unspecified atom stereocenters. The number of carboxylic acids is 1. The maximum atomic E-state index is 11.7. The van der Waals surface area contributed by atoms with Crippen LogP contribution in [0.1, 0.15) is 64.7 Å². The molecule has 0 aromatic rings. The van der Waals surface area contributed by atoms with Gasteiger partial charge in [-0.05, 0) is 25.7 Å². The normalized spacial score (nSPS) is 12.7. The second-order valence-electron chi connectivity index (χ2n) is 5.99. The molecule has 24 heavy (non-hydrogen) atoms. The number of aliphatic hydroxyl groups excluding tert-OH is 1. The molecule has 0 rings (SSSR count). The van der Waals surface area contributed by atoms with Crippen molar-refractivity contribution in [2.45, 2.75) is 70.8 Å². The number of unbranched alkanes of at least 4 members (excludes halogenated alkanes) is 3. The summed E-state index contributed by atoms with van der Waals surface area (Å²) in [6.45, 7) is 2.56. The molecule has 0 aliphatic rings. The molecule has 2 N–H and O–H groups in total. The number of nitrogens with zero attached hydrogens (tertiary/aromatic N) is 1. The van der Waals surface area contributed by atoms with E-state index in [1.165, 1.54) is 4.31 Å². The van der Waals surface area contributed by atoms with Crippen molar-refractivity contribution in [2.24, 2.45) is 0 Å². The van der Waals surface area contributed by atoms with Gasteiger partial charge in [0.25, 0.3) is 0 Å². The van der Waals surface area contributed by atoms with Gasteiger partial charge in [-0.1, -0.05) is 32.1 Å². The van der Waals surface area contributed by atoms with Crippen molar-refractivity contribution in [3.05, 3.63) is 0 Å². The van der Waals surface area contributed by atoms with Crippen molar-refractivity contribution in [3.8, 4) is 11.8 Å². The van der Waals surface area contributed by atoms with Crippen LogP contribution < -0.4 is 0 Å². The Kier molecular flexibility index (Phi) is 12.6. The summed E-state index contributed by atoms with van der Waals surface area (Å²) in [5.74, 6) is 4.74. The highest BCUT2D eigenvalue weighted by molar-refractivity contribution is 7.88. The van der Waals surface area contributed by atoms with Gasteiger partial charge in [-0.15, -0.1) is 5.92 Å². The molecule has 1 atom stereocenters. The molecule has 0 aromatic carbocycles. The Bertz CT molecular complexity index is 507. The van der Waals surface area contributed by atoms with E-state index in [0.717, 1.165) is 31.9 Å². The van der Waals surface area contributed by atoms with Crippen molar-refractivity contribution in [1.29, 1.82) is 0 Å². The van der Waals surface area contributed by atoms with E-state index in [4.69, 9.17) is 5.11 Å². The van der Waals surface area contributed by atoms with E-state index >= 15 is 0 Å². The van der Waals surface area contributed by atoms with E-state index in [2.05, 4.69) is 18.8 Å². The highest BCUT2D eigenvalue weighted by Gasteiger charge is 2.15. The first kappa shape index (κ1) is 22.9. The number of aliphatic hydroxyl groups is 1. The summed E-state index contributed by atoms with van der Waals surface area (Å²) in [7, 11) is -3.33. The molecular formula is C17H31NO5S.